The average molecular weight is 422 g/mol. The van der Waals surface area contributed by atoms with Crippen LogP contribution in [0.3, 0.4) is 0 Å². The van der Waals surface area contributed by atoms with Crippen LogP contribution in [0.2, 0.25) is 0 Å². The summed E-state index contributed by atoms with van der Waals surface area (Å²) < 4.78 is 10.6. The third kappa shape index (κ3) is 5.57. The van der Waals surface area contributed by atoms with E-state index < -0.39 is 0 Å². The van der Waals surface area contributed by atoms with E-state index in [2.05, 4.69) is 36.5 Å². The molecule has 0 aliphatic rings. The number of methoxy groups -OCH3 is 2. The van der Waals surface area contributed by atoms with Gasteiger partial charge in [0.25, 0.3) is 5.91 Å². The summed E-state index contributed by atoms with van der Waals surface area (Å²) in [5.41, 5.74) is 4.04. The summed E-state index contributed by atoms with van der Waals surface area (Å²) >= 11 is 1.79. The van der Waals surface area contributed by atoms with Crippen molar-refractivity contribution >= 4 is 17.7 Å². The summed E-state index contributed by atoms with van der Waals surface area (Å²) in [6.07, 6.45) is 0. The van der Waals surface area contributed by atoms with E-state index in [-0.39, 0.29) is 11.9 Å². The largest absolute Gasteiger partial charge is 0.493 e. The first kappa shape index (κ1) is 21.8. The van der Waals surface area contributed by atoms with Crippen molar-refractivity contribution in [2.75, 3.05) is 14.2 Å². The molecule has 0 radical (unpaired) electrons. The molecular formula is C25H27NO3S. The van der Waals surface area contributed by atoms with Crippen LogP contribution in [0.15, 0.2) is 71.6 Å². The molecule has 0 saturated carbocycles. The fraction of sp³-hybridized carbons (Fsp3) is 0.240. The highest BCUT2D eigenvalue weighted by Crippen LogP contribution is 2.30. The number of hydrogen-bond acceptors (Lipinski definition) is 4. The predicted octanol–water partition coefficient (Wildman–Crippen LogP) is 5.80. The number of ether oxygens (including phenoxy) is 2. The average Bonchev–Trinajstić information content (AvgIpc) is 2.78. The lowest BCUT2D eigenvalue weighted by Crippen LogP contribution is -2.26. The van der Waals surface area contributed by atoms with Crippen LogP contribution in [-0.4, -0.2) is 20.1 Å². The number of benzene rings is 3. The SMILES string of the molecule is COc1ccc([C@H](C)NC(=O)c2ccc(CSc3ccc(C)cc3)cc2)cc1OC. The molecule has 1 atom stereocenters. The molecule has 3 aromatic rings. The molecule has 0 heterocycles. The van der Waals surface area contributed by atoms with Crippen LogP contribution in [0.4, 0.5) is 0 Å². The number of hydrogen-bond donors (Lipinski definition) is 1. The molecule has 0 saturated heterocycles. The van der Waals surface area contributed by atoms with Crippen LogP contribution in [0.5, 0.6) is 11.5 Å². The van der Waals surface area contributed by atoms with Gasteiger partial charge in [-0.15, -0.1) is 11.8 Å². The molecule has 1 N–H and O–H groups in total. The number of nitrogens with one attached hydrogen (secondary N) is 1. The maximum atomic E-state index is 12.7. The molecular weight excluding hydrogens is 394 g/mol. The summed E-state index contributed by atoms with van der Waals surface area (Å²) in [5.74, 6) is 2.08. The van der Waals surface area contributed by atoms with Crippen molar-refractivity contribution in [2.45, 2.75) is 30.5 Å². The van der Waals surface area contributed by atoms with Crippen molar-refractivity contribution in [2.24, 2.45) is 0 Å². The lowest BCUT2D eigenvalue weighted by molar-refractivity contribution is 0.0940. The Labute approximate surface area is 182 Å². The van der Waals surface area contributed by atoms with Crippen LogP contribution in [-0.2, 0) is 5.75 Å². The molecule has 0 aliphatic carbocycles. The molecule has 3 aromatic carbocycles. The molecule has 0 aliphatic heterocycles. The second-order valence-electron chi connectivity index (χ2n) is 7.11. The van der Waals surface area contributed by atoms with Crippen LogP contribution in [0.1, 0.15) is 40.0 Å². The minimum Gasteiger partial charge on any atom is -0.493 e. The molecule has 0 spiro atoms. The number of carbonyl (C=O) groups excluding carboxylic acids is 1. The molecule has 4 nitrogen and oxygen atoms in total. The second-order valence-corrected chi connectivity index (χ2v) is 8.16. The predicted molar refractivity (Wildman–Crippen MR) is 123 cm³/mol. The van der Waals surface area contributed by atoms with Crippen molar-refractivity contribution in [3.63, 3.8) is 0 Å². The van der Waals surface area contributed by atoms with Crippen molar-refractivity contribution in [3.05, 3.63) is 89.0 Å². The summed E-state index contributed by atoms with van der Waals surface area (Å²) in [6, 6.07) is 21.8. The van der Waals surface area contributed by atoms with Gasteiger partial charge in [-0.1, -0.05) is 35.9 Å². The quantitative estimate of drug-likeness (QED) is 0.467. The van der Waals surface area contributed by atoms with Crippen molar-refractivity contribution < 1.29 is 14.3 Å². The van der Waals surface area contributed by atoms with Crippen molar-refractivity contribution in [1.29, 1.82) is 0 Å². The summed E-state index contributed by atoms with van der Waals surface area (Å²) in [6.45, 7) is 4.04. The van der Waals surface area contributed by atoms with Gasteiger partial charge in [-0.2, -0.15) is 0 Å². The second kappa shape index (κ2) is 10.2. The Morgan fingerprint density at radius 3 is 2.23 bits per heavy atom. The minimum absolute atomic E-state index is 0.102. The lowest BCUT2D eigenvalue weighted by Gasteiger charge is -2.16. The Morgan fingerprint density at radius 1 is 0.933 bits per heavy atom. The van der Waals surface area contributed by atoms with Crippen LogP contribution < -0.4 is 14.8 Å². The van der Waals surface area contributed by atoms with Gasteiger partial charge in [0.15, 0.2) is 11.5 Å². The fourth-order valence-electron chi connectivity index (χ4n) is 3.04. The Hall–Kier alpha value is -2.92. The van der Waals surface area contributed by atoms with Crippen LogP contribution >= 0.6 is 11.8 Å². The van der Waals surface area contributed by atoms with Crippen LogP contribution in [0.25, 0.3) is 0 Å². The molecule has 0 unspecified atom stereocenters. The summed E-state index contributed by atoms with van der Waals surface area (Å²) in [5, 5.41) is 3.04. The Kier molecular flexibility index (Phi) is 7.41. The van der Waals surface area contributed by atoms with E-state index in [1.165, 1.54) is 16.0 Å². The molecule has 156 valence electrons. The molecule has 0 fully saturated rings. The van der Waals surface area contributed by atoms with E-state index in [0.717, 1.165) is 11.3 Å². The first-order chi connectivity index (χ1) is 14.5. The molecule has 0 bridgehead atoms. The maximum Gasteiger partial charge on any atom is 0.251 e. The summed E-state index contributed by atoms with van der Waals surface area (Å²) in [7, 11) is 3.20. The topological polar surface area (TPSA) is 47.6 Å². The first-order valence-electron chi connectivity index (χ1n) is 9.81. The lowest BCUT2D eigenvalue weighted by atomic mass is 10.1. The Balaban J connectivity index is 1.59. The molecule has 0 aromatic heterocycles. The fourth-order valence-corrected chi connectivity index (χ4v) is 3.89. The molecule has 3 rings (SSSR count). The van der Waals surface area contributed by atoms with Crippen molar-refractivity contribution in [1.82, 2.24) is 5.32 Å². The van der Waals surface area contributed by atoms with E-state index in [0.29, 0.717) is 17.1 Å². The highest BCUT2D eigenvalue weighted by atomic mass is 32.2. The number of thioether (sulfide) groups is 1. The normalized spacial score (nSPS) is 11.6. The van der Waals surface area contributed by atoms with Gasteiger partial charge in [0.1, 0.15) is 0 Å². The number of carbonyl (C=O) groups is 1. The van der Waals surface area contributed by atoms with Gasteiger partial charge >= 0.3 is 0 Å². The monoisotopic (exact) mass is 421 g/mol. The van der Waals surface area contributed by atoms with E-state index in [1.807, 2.05) is 49.4 Å². The van der Waals surface area contributed by atoms with Crippen LogP contribution in [0, 0.1) is 6.92 Å². The van der Waals surface area contributed by atoms with Gasteiger partial charge in [-0.05, 0) is 61.4 Å². The highest BCUT2D eigenvalue weighted by molar-refractivity contribution is 7.98. The maximum absolute atomic E-state index is 12.7. The highest BCUT2D eigenvalue weighted by Gasteiger charge is 2.14. The van der Waals surface area contributed by atoms with Gasteiger partial charge < -0.3 is 14.8 Å². The zero-order chi connectivity index (χ0) is 21.5. The Morgan fingerprint density at radius 2 is 1.60 bits per heavy atom. The zero-order valence-corrected chi connectivity index (χ0v) is 18.6. The third-order valence-electron chi connectivity index (χ3n) is 4.90. The van der Waals surface area contributed by atoms with E-state index in [4.69, 9.17) is 9.47 Å². The van der Waals surface area contributed by atoms with E-state index >= 15 is 0 Å². The summed E-state index contributed by atoms with van der Waals surface area (Å²) in [4.78, 5) is 13.9. The molecule has 30 heavy (non-hydrogen) atoms. The van der Waals surface area contributed by atoms with Gasteiger partial charge in [0, 0.05) is 16.2 Å². The number of aryl methyl sites for hydroxylation is 1. The van der Waals surface area contributed by atoms with Gasteiger partial charge in [0.05, 0.1) is 20.3 Å². The zero-order valence-electron chi connectivity index (χ0n) is 17.8. The van der Waals surface area contributed by atoms with E-state index in [1.54, 1.807) is 26.0 Å². The molecule has 1 amide bonds. The number of amides is 1. The minimum atomic E-state index is -0.158. The van der Waals surface area contributed by atoms with Crippen molar-refractivity contribution in [3.8, 4) is 11.5 Å². The Bertz CT molecular complexity index is 984. The third-order valence-corrected chi connectivity index (χ3v) is 5.98. The van der Waals surface area contributed by atoms with E-state index in [9.17, 15) is 4.79 Å². The first-order valence-corrected chi connectivity index (χ1v) is 10.8. The van der Waals surface area contributed by atoms with Gasteiger partial charge in [-0.3, -0.25) is 4.79 Å². The molecule has 5 heteroatoms. The number of rotatable bonds is 8. The standard InChI is InChI=1S/C25H27NO3S/c1-17-5-12-22(13-6-17)30-16-19-7-9-20(10-8-19)25(27)26-18(2)21-11-14-23(28-3)24(15-21)29-4/h5-15,18H,16H2,1-4H3,(H,26,27)/t18-/m0/s1. The van der Waals surface area contributed by atoms with Gasteiger partial charge in [-0.25, -0.2) is 0 Å². The smallest absolute Gasteiger partial charge is 0.251 e. The van der Waals surface area contributed by atoms with Gasteiger partial charge in [0.2, 0.25) is 0 Å².